The third-order valence-corrected chi connectivity index (χ3v) is 3.46. The first-order valence-electron chi connectivity index (χ1n) is 6.99. The molecule has 1 aromatic rings. The lowest BCUT2D eigenvalue weighted by Gasteiger charge is -2.18. The summed E-state index contributed by atoms with van der Waals surface area (Å²) in [7, 11) is 3.81. The SMILES string of the molecule is CNCCCC(=O)N(C)CCc1ccc(C)cc1C. The van der Waals surface area contributed by atoms with Gasteiger partial charge in [-0.1, -0.05) is 23.8 Å². The van der Waals surface area contributed by atoms with Crippen molar-refractivity contribution in [2.75, 3.05) is 27.2 Å². The molecule has 0 atom stereocenters. The van der Waals surface area contributed by atoms with Gasteiger partial charge in [-0.15, -0.1) is 0 Å². The Morgan fingerprint density at radius 1 is 1.32 bits per heavy atom. The second-order valence-electron chi connectivity index (χ2n) is 5.20. The fourth-order valence-electron chi connectivity index (χ4n) is 2.15. The van der Waals surface area contributed by atoms with Crippen molar-refractivity contribution in [2.45, 2.75) is 33.1 Å². The Hall–Kier alpha value is -1.35. The summed E-state index contributed by atoms with van der Waals surface area (Å²) in [5.74, 6) is 0.236. The number of carbonyl (C=O) groups is 1. The van der Waals surface area contributed by atoms with Crippen LogP contribution in [-0.4, -0.2) is 38.0 Å². The summed E-state index contributed by atoms with van der Waals surface area (Å²) in [4.78, 5) is 13.7. The van der Waals surface area contributed by atoms with E-state index in [1.807, 2.05) is 19.0 Å². The minimum Gasteiger partial charge on any atom is -0.345 e. The minimum atomic E-state index is 0.236. The van der Waals surface area contributed by atoms with Gasteiger partial charge in [-0.25, -0.2) is 0 Å². The van der Waals surface area contributed by atoms with Gasteiger partial charge in [0.1, 0.15) is 0 Å². The number of aryl methyl sites for hydroxylation is 2. The van der Waals surface area contributed by atoms with Crippen LogP contribution >= 0.6 is 0 Å². The van der Waals surface area contributed by atoms with Crippen molar-refractivity contribution in [3.63, 3.8) is 0 Å². The summed E-state index contributed by atoms with van der Waals surface area (Å²) in [5, 5.41) is 3.06. The predicted octanol–water partition coefficient (Wildman–Crippen LogP) is 2.30. The van der Waals surface area contributed by atoms with E-state index < -0.39 is 0 Å². The van der Waals surface area contributed by atoms with Crippen LogP contribution in [0.3, 0.4) is 0 Å². The van der Waals surface area contributed by atoms with Gasteiger partial charge in [0.15, 0.2) is 0 Å². The molecule has 0 fully saturated rings. The van der Waals surface area contributed by atoms with Crippen LogP contribution in [0, 0.1) is 13.8 Å². The third-order valence-electron chi connectivity index (χ3n) is 3.46. The van der Waals surface area contributed by atoms with E-state index in [0.29, 0.717) is 6.42 Å². The van der Waals surface area contributed by atoms with E-state index in [2.05, 4.69) is 37.4 Å². The Balaban J connectivity index is 2.40. The number of hydrogen-bond donors (Lipinski definition) is 1. The normalized spacial score (nSPS) is 10.5. The molecule has 0 aromatic heterocycles. The van der Waals surface area contributed by atoms with Gasteiger partial charge >= 0.3 is 0 Å². The first kappa shape index (κ1) is 15.7. The molecule has 106 valence electrons. The second-order valence-corrected chi connectivity index (χ2v) is 5.20. The molecule has 0 saturated heterocycles. The molecule has 0 aliphatic carbocycles. The Kier molecular flexibility index (Phi) is 6.57. The van der Waals surface area contributed by atoms with Gasteiger partial charge in [-0.3, -0.25) is 4.79 Å². The standard InChI is InChI=1S/C16H26N2O/c1-13-7-8-15(14(2)12-13)9-11-18(4)16(19)6-5-10-17-3/h7-8,12,17H,5-6,9-11H2,1-4H3. The molecule has 19 heavy (non-hydrogen) atoms. The van der Waals surface area contributed by atoms with Crippen molar-refractivity contribution in [3.8, 4) is 0 Å². The molecule has 0 saturated carbocycles. The number of carbonyl (C=O) groups excluding carboxylic acids is 1. The van der Waals surface area contributed by atoms with E-state index in [1.165, 1.54) is 16.7 Å². The molecule has 0 aliphatic heterocycles. The highest BCUT2D eigenvalue weighted by Gasteiger charge is 2.08. The molecule has 0 spiro atoms. The molecule has 0 unspecified atom stereocenters. The molecule has 1 aromatic carbocycles. The first-order valence-corrected chi connectivity index (χ1v) is 6.99. The Morgan fingerprint density at radius 2 is 2.05 bits per heavy atom. The summed E-state index contributed by atoms with van der Waals surface area (Å²) in [5.41, 5.74) is 3.94. The Labute approximate surface area is 117 Å². The highest BCUT2D eigenvalue weighted by atomic mass is 16.2. The monoisotopic (exact) mass is 262 g/mol. The lowest BCUT2D eigenvalue weighted by atomic mass is 10.0. The second kappa shape index (κ2) is 7.95. The van der Waals surface area contributed by atoms with Crippen LogP contribution in [-0.2, 0) is 11.2 Å². The molecular formula is C16H26N2O. The van der Waals surface area contributed by atoms with E-state index in [9.17, 15) is 4.79 Å². The lowest BCUT2D eigenvalue weighted by molar-refractivity contribution is -0.129. The molecule has 3 heteroatoms. The molecule has 0 aliphatic rings. The number of rotatable bonds is 7. The zero-order chi connectivity index (χ0) is 14.3. The maximum Gasteiger partial charge on any atom is 0.222 e. The Morgan fingerprint density at radius 3 is 2.68 bits per heavy atom. The molecule has 0 heterocycles. The summed E-state index contributed by atoms with van der Waals surface area (Å²) in [6, 6.07) is 6.51. The van der Waals surface area contributed by atoms with Crippen molar-refractivity contribution in [1.29, 1.82) is 0 Å². The van der Waals surface area contributed by atoms with Gasteiger partial charge < -0.3 is 10.2 Å². The minimum absolute atomic E-state index is 0.236. The summed E-state index contributed by atoms with van der Waals surface area (Å²) in [6.07, 6.45) is 2.47. The lowest BCUT2D eigenvalue weighted by Crippen LogP contribution is -2.29. The number of amides is 1. The van der Waals surface area contributed by atoms with Crippen molar-refractivity contribution >= 4 is 5.91 Å². The van der Waals surface area contributed by atoms with E-state index in [1.54, 1.807) is 0 Å². The average molecular weight is 262 g/mol. The van der Waals surface area contributed by atoms with Crippen LogP contribution in [0.15, 0.2) is 18.2 Å². The topological polar surface area (TPSA) is 32.3 Å². The molecule has 0 bridgehead atoms. The van der Waals surface area contributed by atoms with Crippen LogP contribution < -0.4 is 5.32 Å². The number of benzene rings is 1. The first-order chi connectivity index (χ1) is 9.04. The maximum absolute atomic E-state index is 11.9. The average Bonchev–Trinajstić information content (AvgIpc) is 2.37. The van der Waals surface area contributed by atoms with E-state index >= 15 is 0 Å². The zero-order valence-electron chi connectivity index (χ0n) is 12.6. The molecule has 1 amide bonds. The van der Waals surface area contributed by atoms with Crippen LogP contribution in [0.2, 0.25) is 0 Å². The van der Waals surface area contributed by atoms with E-state index in [4.69, 9.17) is 0 Å². The summed E-state index contributed by atoms with van der Waals surface area (Å²) < 4.78 is 0. The molecular weight excluding hydrogens is 236 g/mol. The largest absolute Gasteiger partial charge is 0.345 e. The summed E-state index contributed by atoms with van der Waals surface area (Å²) in [6.45, 7) is 5.93. The van der Waals surface area contributed by atoms with Crippen LogP contribution in [0.25, 0.3) is 0 Å². The van der Waals surface area contributed by atoms with Gasteiger partial charge in [0.05, 0.1) is 0 Å². The van der Waals surface area contributed by atoms with Gasteiger partial charge in [0, 0.05) is 20.0 Å². The predicted molar refractivity (Wildman–Crippen MR) is 80.4 cm³/mol. The number of nitrogens with zero attached hydrogens (tertiary/aromatic N) is 1. The highest BCUT2D eigenvalue weighted by Crippen LogP contribution is 2.11. The van der Waals surface area contributed by atoms with Gasteiger partial charge in [0.25, 0.3) is 0 Å². The number of likely N-dealkylation sites (N-methyl/N-ethyl adjacent to an activating group) is 1. The quantitative estimate of drug-likeness (QED) is 0.765. The van der Waals surface area contributed by atoms with Crippen molar-refractivity contribution < 1.29 is 4.79 Å². The fourth-order valence-corrected chi connectivity index (χ4v) is 2.15. The zero-order valence-corrected chi connectivity index (χ0v) is 12.6. The molecule has 3 nitrogen and oxygen atoms in total. The fraction of sp³-hybridized carbons (Fsp3) is 0.562. The van der Waals surface area contributed by atoms with Crippen molar-refractivity contribution in [2.24, 2.45) is 0 Å². The van der Waals surface area contributed by atoms with Gasteiger partial charge in [-0.2, -0.15) is 0 Å². The number of hydrogen-bond acceptors (Lipinski definition) is 2. The maximum atomic E-state index is 11.9. The smallest absolute Gasteiger partial charge is 0.222 e. The van der Waals surface area contributed by atoms with E-state index in [0.717, 1.165) is 25.9 Å². The highest BCUT2D eigenvalue weighted by molar-refractivity contribution is 5.75. The van der Waals surface area contributed by atoms with Gasteiger partial charge in [0.2, 0.25) is 5.91 Å². The third kappa shape index (κ3) is 5.43. The molecule has 0 radical (unpaired) electrons. The van der Waals surface area contributed by atoms with Crippen molar-refractivity contribution in [3.05, 3.63) is 34.9 Å². The van der Waals surface area contributed by atoms with Crippen LogP contribution in [0.4, 0.5) is 0 Å². The number of nitrogens with one attached hydrogen (secondary N) is 1. The Bertz CT molecular complexity index is 415. The van der Waals surface area contributed by atoms with Crippen LogP contribution in [0.5, 0.6) is 0 Å². The molecule has 1 N–H and O–H groups in total. The molecule has 1 rings (SSSR count). The van der Waals surface area contributed by atoms with Gasteiger partial charge in [-0.05, 0) is 51.4 Å². The van der Waals surface area contributed by atoms with Crippen LogP contribution in [0.1, 0.15) is 29.5 Å². The summed E-state index contributed by atoms with van der Waals surface area (Å²) >= 11 is 0. The van der Waals surface area contributed by atoms with Crippen molar-refractivity contribution in [1.82, 2.24) is 10.2 Å². The van der Waals surface area contributed by atoms with E-state index in [-0.39, 0.29) is 5.91 Å².